The summed E-state index contributed by atoms with van der Waals surface area (Å²) < 4.78 is 5.22. The number of carbonyl (C=O) groups excluding carboxylic acids is 1. The molecule has 0 spiro atoms. The summed E-state index contributed by atoms with van der Waals surface area (Å²) in [5.41, 5.74) is 6.75. The molecule has 3 N–H and O–H groups in total. The number of rotatable bonds is 7. The van der Waals surface area contributed by atoms with Crippen molar-refractivity contribution in [3.63, 3.8) is 0 Å². The van der Waals surface area contributed by atoms with Crippen LogP contribution in [-0.4, -0.2) is 22.1 Å². The van der Waals surface area contributed by atoms with E-state index in [1.54, 1.807) is 0 Å². The van der Waals surface area contributed by atoms with Gasteiger partial charge in [0.1, 0.15) is 6.04 Å². The van der Waals surface area contributed by atoms with Crippen LogP contribution in [-0.2, 0) is 11.2 Å². The highest BCUT2D eigenvalue weighted by molar-refractivity contribution is 5.76. The topological polar surface area (TPSA) is 94.0 Å². The molecule has 0 aliphatic rings. The van der Waals surface area contributed by atoms with E-state index in [1.807, 2.05) is 44.2 Å². The Morgan fingerprint density at radius 3 is 2.73 bits per heavy atom. The lowest BCUT2D eigenvalue weighted by molar-refractivity contribution is -0.122. The number of carbonyl (C=O) groups is 1. The minimum Gasteiger partial charge on any atom is -0.345 e. The summed E-state index contributed by atoms with van der Waals surface area (Å²) in [6.45, 7) is 3.70. The van der Waals surface area contributed by atoms with Crippen LogP contribution in [0.3, 0.4) is 0 Å². The average Bonchev–Trinajstić information content (AvgIpc) is 2.95. The molecule has 0 aliphatic carbocycles. The molecule has 1 aromatic heterocycles. The third kappa shape index (κ3) is 4.96. The molecular formula is C16H22N4O2. The average molecular weight is 302 g/mol. The second kappa shape index (κ2) is 7.70. The predicted octanol–water partition coefficient (Wildman–Crippen LogP) is 1.97. The van der Waals surface area contributed by atoms with Crippen molar-refractivity contribution in [2.45, 2.75) is 45.2 Å². The molecule has 2 aromatic rings. The van der Waals surface area contributed by atoms with E-state index in [1.165, 1.54) is 0 Å². The zero-order chi connectivity index (χ0) is 15.9. The van der Waals surface area contributed by atoms with E-state index >= 15 is 0 Å². The Kier molecular flexibility index (Phi) is 5.66. The number of nitrogens with zero attached hydrogens (tertiary/aromatic N) is 2. The molecule has 2 atom stereocenters. The molecule has 1 aromatic carbocycles. The lowest BCUT2D eigenvalue weighted by Gasteiger charge is -2.10. The van der Waals surface area contributed by atoms with Crippen LogP contribution >= 0.6 is 0 Å². The standard InChI is InChI=1S/C16H22N4O2/c1-11(17)8-9-15(21)18-12(2)16-19-14(20-22-16)10-13-6-4-3-5-7-13/h3-7,11-12H,8-10,17H2,1-2H3,(H,18,21). The molecule has 0 bridgehead atoms. The number of aromatic nitrogens is 2. The summed E-state index contributed by atoms with van der Waals surface area (Å²) >= 11 is 0. The van der Waals surface area contributed by atoms with Gasteiger partial charge in [-0.05, 0) is 25.8 Å². The Morgan fingerprint density at radius 2 is 2.05 bits per heavy atom. The lowest BCUT2D eigenvalue weighted by atomic mass is 10.1. The fraction of sp³-hybridized carbons (Fsp3) is 0.438. The zero-order valence-corrected chi connectivity index (χ0v) is 13.0. The van der Waals surface area contributed by atoms with Crippen molar-refractivity contribution >= 4 is 5.91 Å². The van der Waals surface area contributed by atoms with Crippen LogP contribution in [0.5, 0.6) is 0 Å². The van der Waals surface area contributed by atoms with Gasteiger partial charge in [0.2, 0.25) is 11.8 Å². The van der Waals surface area contributed by atoms with Gasteiger partial charge in [-0.25, -0.2) is 0 Å². The van der Waals surface area contributed by atoms with Crippen LogP contribution in [0.25, 0.3) is 0 Å². The van der Waals surface area contributed by atoms with Crippen LogP contribution in [0.1, 0.15) is 50.0 Å². The number of nitrogens with two attached hydrogens (primary N) is 1. The summed E-state index contributed by atoms with van der Waals surface area (Å²) in [4.78, 5) is 16.1. The van der Waals surface area contributed by atoms with Crippen LogP contribution in [0.15, 0.2) is 34.9 Å². The fourth-order valence-corrected chi connectivity index (χ4v) is 2.03. The second-order valence-corrected chi connectivity index (χ2v) is 5.52. The van der Waals surface area contributed by atoms with Gasteiger partial charge in [0.25, 0.3) is 0 Å². The van der Waals surface area contributed by atoms with E-state index in [4.69, 9.17) is 10.3 Å². The third-order valence-corrected chi connectivity index (χ3v) is 3.26. The molecule has 0 radical (unpaired) electrons. The zero-order valence-electron chi connectivity index (χ0n) is 13.0. The van der Waals surface area contributed by atoms with Gasteiger partial charge in [0.05, 0.1) is 0 Å². The lowest BCUT2D eigenvalue weighted by Crippen LogP contribution is -2.28. The molecule has 22 heavy (non-hydrogen) atoms. The van der Waals surface area contributed by atoms with Gasteiger partial charge < -0.3 is 15.6 Å². The molecule has 6 nitrogen and oxygen atoms in total. The van der Waals surface area contributed by atoms with Gasteiger partial charge in [0, 0.05) is 18.9 Å². The van der Waals surface area contributed by atoms with Crippen molar-refractivity contribution in [3.8, 4) is 0 Å². The van der Waals surface area contributed by atoms with Crippen LogP contribution in [0.2, 0.25) is 0 Å². The van der Waals surface area contributed by atoms with Crippen LogP contribution in [0, 0.1) is 0 Å². The molecule has 0 saturated heterocycles. The molecule has 6 heteroatoms. The highest BCUT2D eigenvalue weighted by Gasteiger charge is 2.16. The number of hydrogen-bond acceptors (Lipinski definition) is 5. The Labute approximate surface area is 130 Å². The number of nitrogens with one attached hydrogen (secondary N) is 1. The minimum absolute atomic E-state index is 0.0157. The molecule has 2 unspecified atom stereocenters. The van der Waals surface area contributed by atoms with E-state index in [0.717, 1.165) is 5.56 Å². The summed E-state index contributed by atoms with van der Waals surface area (Å²) in [6, 6.07) is 9.63. The Balaban J connectivity index is 1.89. The van der Waals surface area contributed by atoms with E-state index < -0.39 is 0 Å². The smallest absolute Gasteiger partial charge is 0.248 e. The van der Waals surface area contributed by atoms with Crippen molar-refractivity contribution < 1.29 is 9.32 Å². The maximum atomic E-state index is 11.8. The van der Waals surface area contributed by atoms with Crippen LogP contribution < -0.4 is 11.1 Å². The molecule has 1 amide bonds. The quantitative estimate of drug-likeness (QED) is 0.815. The maximum absolute atomic E-state index is 11.8. The van der Waals surface area contributed by atoms with Gasteiger partial charge in [-0.15, -0.1) is 0 Å². The first-order valence-electron chi connectivity index (χ1n) is 7.46. The van der Waals surface area contributed by atoms with E-state index in [9.17, 15) is 4.79 Å². The van der Waals surface area contributed by atoms with Gasteiger partial charge in [0.15, 0.2) is 5.82 Å². The largest absolute Gasteiger partial charge is 0.345 e. The minimum atomic E-state index is -0.308. The first-order chi connectivity index (χ1) is 10.5. The second-order valence-electron chi connectivity index (χ2n) is 5.52. The highest BCUT2D eigenvalue weighted by Crippen LogP contribution is 2.12. The first kappa shape index (κ1) is 16.2. The van der Waals surface area contributed by atoms with Crippen molar-refractivity contribution in [3.05, 3.63) is 47.6 Å². The summed E-state index contributed by atoms with van der Waals surface area (Å²) in [5.74, 6) is 0.963. The van der Waals surface area contributed by atoms with E-state index in [-0.39, 0.29) is 18.0 Å². The summed E-state index contributed by atoms with van der Waals surface area (Å²) in [7, 11) is 0. The molecular weight excluding hydrogens is 280 g/mol. The van der Waals surface area contributed by atoms with Gasteiger partial charge in [-0.1, -0.05) is 35.5 Å². The number of hydrogen-bond donors (Lipinski definition) is 2. The maximum Gasteiger partial charge on any atom is 0.248 e. The summed E-state index contributed by atoms with van der Waals surface area (Å²) in [6.07, 6.45) is 1.66. The van der Waals surface area contributed by atoms with E-state index in [0.29, 0.717) is 31.0 Å². The normalized spacial score (nSPS) is 13.6. The Bertz CT molecular complexity index is 595. The SMILES string of the molecule is CC(N)CCC(=O)NC(C)c1nc(Cc2ccccc2)no1. The molecule has 0 fully saturated rings. The van der Waals surface area contributed by atoms with Gasteiger partial charge >= 0.3 is 0 Å². The van der Waals surface area contributed by atoms with Gasteiger partial charge in [-0.3, -0.25) is 4.79 Å². The van der Waals surface area contributed by atoms with E-state index in [2.05, 4.69) is 15.5 Å². The first-order valence-corrected chi connectivity index (χ1v) is 7.46. The summed E-state index contributed by atoms with van der Waals surface area (Å²) in [5, 5.41) is 6.79. The molecule has 1 heterocycles. The van der Waals surface area contributed by atoms with Crippen molar-refractivity contribution in [2.24, 2.45) is 5.73 Å². The monoisotopic (exact) mass is 302 g/mol. The third-order valence-electron chi connectivity index (χ3n) is 3.26. The number of benzene rings is 1. The molecule has 118 valence electrons. The fourth-order valence-electron chi connectivity index (χ4n) is 2.03. The van der Waals surface area contributed by atoms with Crippen molar-refractivity contribution in [1.29, 1.82) is 0 Å². The van der Waals surface area contributed by atoms with Gasteiger partial charge in [-0.2, -0.15) is 4.98 Å². The van der Waals surface area contributed by atoms with Crippen LogP contribution in [0.4, 0.5) is 0 Å². The highest BCUT2D eigenvalue weighted by atomic mass is 16.5. The Hall–Kier alpha value is -2.21. The molecule has 2 rings (SSSR count). The van der Waals surface area contributed by atoms with Crippen molar-refractivity contribution in [1.82, 2.24) is 15.5 Å². The predicted molar refractivity (Wildman–Crippen MR) is 83.0 cm³/mol. The van der Waals surface area contributed by atoms with Crippen molar-refractivity contribution in [2.75, 3.05) is 0 Å². The molecule has 0 aliphatic heterocycles. The molecule has 0 saturated carbocycles. The Morgan fingerprint density at radius 1 is 1.32 bits per heavy atom. The number of amides is 1.